The molecule has 1 N–H and O–H groups in total. The SMILES string of the molecule is S=c1[nH]nc(C2CCCCCCC2)o1. The Morgan fingerprint density at radius 2 is 1.79 bits per heavy atom. The van der Waals surface area contributed by atoms with Gasteiger partial charge in [0.2, 0.25) is 5.89 Å². The van der Waals surface area contributed by atoms with Crippen LogP contribution in [0.25, 0.3) is 0 Å². The molecular weight excluding hydrogens is 196 g/mol. The molecule has 0 spiro atoms. The van der Waals surface area contributed by atoms with E-state index in [0.29, 0.717) is 10.8 Å². The smallest absolute Gasteiger partial charge is 0.284 e. The molecule has 0 bridgehead atoms. The maximum Gasteiger partial charge on any atom is 0.284 e. The van der Waals surface area contributed by atoms with Gasteiger partial charge >= 0.3 is 0 Å². The maximum absolute atomic E-state index is 5.37. The first-order valence-electron chi connectivity index (χ1n) is 5.41. The van der Waals surface area contributed by atoms with E-state index in [1.54, 1.807) is 0 Å². The summed E-state index contributed by atoms with van der Waals surface area (Å²) in [7, 11) is 0. The second-order valence-corrected chi connectivity index (χ2v) is 4.36. The van der Waals surface area contributed by atoms with Gasteiger partial charge in [-0.15, -0.1) is 5.10 Å². The van der Waals surface area contributed by atoms with Gasteiger partial charge in [-0.05, 0) is 25.1 Å². The molecule has 1 saturated carbocycles. The summed E-state index contributed by atoms with van der Waals surface area (Å²) in [5.74, 6) is 1.31. The minimum atomic E-state index is 0.405. The molecule has 1 fully saturated rings. The van der Waals surface area contributed by atoms with Crippen LogP contribution in [-0.2, 0) is 0 Å². The third-order valence-electron chi connectivity index (χ3n) is 2.91. The van der Waals surface area contributed by atoms with Crippen LogP contribution in [0.4, 0.5) is 0 Å². The minimum absolute atomic E-state index is 0.405. The molecule has 2 rings (SSSR count). The van der Waals surface area contributed by atoms with E-state index in [1.165, 1.54) is 44.9 Å². The van der Waals surface area contributed by atoms with Gasteiger partial charge in [-0.3, -0.25) is 0 Å². The van der Waals surface area contributed by atoms with Crippen molar-refractivity contribution in [1.29, 1.82) is 0 Å². The van der Waals surface area contributed by atoms with Crippen molar-refractivity contribution in [3.05, 3.63) is 10.7 Å². The first-order valence-corrected chi connectivity index (χ1v) is 5.82. The van der Waals surface area contributed by atoms with Crippen molar-refractivity contribution in [3.63, 3.8) is 0 Å². The van der Waals surface area contributed by atoms with Crippen molar-refractivity contribution in [2.24, 2.45) is 0 Å². The standard InChI is InChI=1S/C10H16N2OS/c14-10-12-11-9(13-10)8-6-4-2-1-3-5-7-8/h8H,1-7H2,(H,12,14). The van der Waals surface area contributed by atoms with Gasteiger partial charge in [0, 0.05) is 5.92 Å². The summed E-state index contributed by atoms with van der Waals surface area (Å²) < 4.78 is 5.37. The summed E-state index contributed by atoms with van der Waals surface area (Å²) in [4.78, 5) is 0.405. The fraction of sp³-hybridized carbons (Fsp3) is 0.800. The molecule has 0 saturated heterocycles. The molecule has 4 heteroatoms. The van der Waals surface area contributed by atoms with Gasteiger partial charge in [0.05, 0.1) is 0 Å². The van der Waals surface area contributed by atoms with E-state index in [9.17, 15) is 0 Å². The van der Waals surface area contributed by atoms with Gasteiger partial charge in [0.1, 0.15) is 0 Å². The van der Waals surface area contributed by atoms with Crippen LogP contribution in [0.5, 0.6) is 0 Å². The van der Waals surface area contributed by atoms with E-state index < -0.39 is 0 Å². The fourth-order valence-electron chi connectivity index (χ4n) is 2.12. The van der Waals surface area contributed by atoms with Crippen LogP contribution < -0.4 is 0 Å². The quantitative estimate of drug-likeness (QED) is 0.724. The molecule has 1 aliphatic rings. The number of aromatic amines is 1. The lowest BCUT2D eigenvalue weighted by Gasteiger charge is -2.15. The van der Waals surface area contributed by atoms with Crippen molar-refractivity contribution in [2.45, 2.75) is 50.9 Å². The normalized spacial score (nSPS) is 20.3. The van der Waals surface area contributed by atoms with Crippen LogP contribution >= 0.6 is 12.2 Å². The van der Waals surface area contributed by atoms with Crippen molar-refractivity contribution in [2.75, 3.05) is 0 Å². The molecule has 14 heavy (non-hydrogen) atoms. The molecule has 1 aromatic heterocycles. The zero-order valence-electron chi connectivity index (χ0n) is 8.29. The summed E-state index contributed by atoms with van der Waals surface area (Å²) in [6.45, 7) is 0. The van der Waals surface area contributed by atoms with Crippen molar-refractivity contribution in [1.82, 2.24) is 10.2 Å². The Morgan fingerprint density at radius 3 is 2.36 bits per heavy atom. The van der Waals surface area contributed by atoms with E-state index in [-0.39, 0.29) is 0 Å². The molecule has 0 atom stereocenters. The summed E-state index contributed by atoms with van der Waals surface area (Å²) in [5, 5.41) is 6.82. The van der Waals surface area contributed by atoms with E-state index in [4.69, 9.17) is 16.6 Å². The number of nitrogens with zero attached hydrogens (tertiary/aromatic N) is 1. The molecule has 0 aliphatic heterocycles. The molecule has 3 nitrogen and oxygen atoms in total. The molecule has 0 radical (unpaired) electrons. The van der Waals surface area contributed by atoms with E-state index >= 15 is 0 Å². The van der Waals surface area contributed by atoms with Crippen LogP contribution in [0, 0.1) is 4.84 Å². The summed E-state index contributed by atoms with van der Waals surface area (Å²) in [5.41, 5.74) is 0. The lowest BCUT2D eigenvalue weighted by Crippen LogP contribution is -2.02. The first kappa shape index (κ1) is 9.90. The number of H-pyrrole nitrogens is 1. The fourth-order valence-corrected chi connectivity index (χ4v) is 2.25. The average molecular weight is 212 g/mol. The highest BCUT2D eigenvalue weighted by Crippen LogP contribution is 2.29. The minimum Gasteiger partial charge on any atom is -0.414 e. The Morgan fingerprint density at radius 1 is 1.14 bits per heavy atom. The summed E-state index contributed by atoms with van der Waals surface area (Å²) in [6.07, 6.45) is 9.06. The number of hydrogen-bond donors (Lipinski definition) is 1. The number of aromatic nitrogens is 2. The largest absolute Gasteiger partial charge is 0.414 e. The van der Waals surface area contributed by atoms with Gasteiger partial charge in [0.25, 0.3) is 4.84 Å². The lowest BCUT2D eigenvalue weighted by molar-refractivity contribution is 0.373. The van der Waals surface area contributed by atoms with Gasteiger partial charge < -0.3 is 4.42 Å². The third-order valence-corrected chi connectivity index (χ3v) is 3.08. The summed E-state index contributed by atoms with van der Waals surface area (Å²) in [6, 6.07) is 0. The number of rotatable bonds is 1. The van der Waals surface area contributed by atoms with Crippen molar-refractivity contribution >= 4 is 12.2 Å². The van der Waals surface area contributed by atoms with E-state index in [2.05, 4.69) is 10.2 Å². The summed E-state index contributed by atoms with van der Waals surface area (Å²) >= 11 is 4.88. The molecule has 0 aromatic carbocycles. The molecule has 1 heterocycles. The predicted molar refractivity (Wildman–Crippen MR) is 56.7 cm³/mol. The lowest BCUT2D eigenvalue weighted by atomic mass is 9.91. The van der Waals surface area contributed by atoms with Crippen LogP contribution in [0.3, 0.4) is 0 Å². The number of hydrogen-bond acceptors (Lipinski definition) is 3. The Balaban J connectivity index is 2.04. The molecule has 0 amide bonds. The van der Waals surface area contributed by atoms with Crippen LogP contribution in [0.15, 0.2) is 4.42 Å². The zero-order valence-corrected chi connectivity index (χ0v) is 9.11. The van der Waals surface area contributed by atoms with Gasteiger partial charge in [0.15, 0.2) is 0 Å². The third kappa shape index (κ3) is 2.44. The molecule has 78 valence electrons. The van der Waals surface area contributed by atoms with Crippen LogP contribution in [0.1, 0.15) is 56.8 Å². The Kier molecular flexibility index (Phi) is 3.35. The Hall–Kier alpha value is -0.640. The van der Waals surface area contributed by atoms with Crippen LogP contribution in [-0.4, -0.2) is 10.2 Å². The van der Waals surface area contributed by atoms with Gasteiger partial charge in [-0.25, -0.2) is 5.10 Å². The van der Waals surface area contributed by atoms with E-state index in [1.807, 2.05) is 0 Å². The molecule has 1 aromatic rings. The van der Waals surface area contributed by atoms with Gasteiger partial charge in [-0.2, -0.15) is 0 Å². The highest BCUT2D eigenvalue weighted by Gasteiger charge is 2.17. The maximum atomic E-state index is 5.37. The van der Waals surface area contributed by atoms with E-state index in [0.717, 1.165) is 5.89 Å². The second-order valence-electron chi connectivity index (χ2n) is 3.99. The molecule has 0 unspecified atom stereocenters. The second kappa shape index (κ2) is 4.73. The zero-order chi connectivity index (χ0) is 9.80. The predicted octanol–water partition coefficient (Wildman–Crippen LogP) is 3.56. The Labute approximate surface area is 88.9 Å². The average Bonchev–Trinajstić information content (AvgIpc) is 2.51. The van der Waals surface area contributed by atoms with Crippen LogP contribution in [0.2, 0.25) is 0 Å². The van der Waals surface area contributed by atoms with Gasteiger partial charge in [-0.1, -0.05) is 32.1 Å². The highest BCUT2D eigenvalue weighted by molar-refractivity contribution is 7.71. The Bertz CT molecular complexity index is 323. The highest BCUT2D eigenvalue weighted by atomic mass is 32.1. The number of nitrogens with one attached hydrogen (secondary N) is 1. The van der Waals surface area contributed by atoms with Crippen molar-refractivity contribution in [3.8, 4) is 0 Å². The first-order chi connectivity index (χ1) is 6.86. The molecule has 1 aliphatic carbocycles. The topological polar surface area (TPSA) is 41.8 Å². The van der Waals surface area contributed by atoms with Crippen molar-refractivity contribution < 1.29 is 4.42 Å². The monoisotopic (exact) mass is 212 g/mol. The molecular formula is C10H16N2OS.